The van der Waals surface area contributed by atoms with Gasteiger partial charge in [-0.05, 0) is 57.7 Å². The highest BCUT2D eigenvalue weighted by atomic mass is 16.2. The number of hydrazine groups is 1. The first-order chi connectivity index (χ1) is 12.8. The van der Waals surface area contributed by atoms with Crippen LogP contribution in [0.15, 0.2) is 36.4 Å². The van der Waals surface area contributed by atoms with Crippen molar-refractivity contribution in [2.24, 2.45) is 0 Å². The van der Waals surface area contributed by atoms with E-state index in [1.165, 1.54) is 5.56 Å². The summed E-state index contributed by atoms with van der Waals surface area (Å²) in [7, 11) is 0. The fourth-order valence-electron chi connectivity index (χ4n) is 3.50. The van der Waals surface area contributed by atoms with Gasteiger partial charge in [-0.1, -0.05) is 47.0 Å². The predicted molar refractivity (Wildman–Crippen MR) is 108 cm³/mol. The van der Waals surface area contributed by atoms with Crippen LogP contribution in [0.1, 0.15) is 40.7 Å². The molecule has 1 fully saturated rings. The van der Waals surface area contributed by atoms with E-state index < -0.39 is 5.41 Å². The third-order valence-electron chi connectivity index (χ3n) is 5.10. The summed E-state index contributed by atoms with van der Waals surface area (Å²) in [6, 6.07) is 12.2. The Kier molecular flexibility index (Phi) is 5.22. The molecule has 5 heteroatoms. The van der Waals surface area contributed by atoms with Crippen molar-refractivity contribution in [3.63, 3.8) is 0 Å². The number of aryl methyl sites for hydroxylation is 4. The molecule has 3 rings (SSSR count). The van der Waals surface area contributed by atoms with Crippen molar-refractivity contribution < 1.29 is 9.59 Å². The average molecular weight is 365 g/mol. The number of rotatable bonds is 5. The maximum Gasteiger partial charge on any atom is 0.257 e. The number of amides is 2. The number of carbonyl (C=O) groups is 2. The Morgan fingerprint density at radius 1 is 0.889 bits per heavy atom. The molecule has 0 atom stereocenters. The molecule has 2 aromatic rings. The molecule has 1 saturated carbocycles. The van der Waals surface area contributed by atoms with E-state index in [-0.39, 0.29) is 18.4 Å². The number of nitrogens with one attached hydrogen (secondary N) is 3. The number of benzene rings is 2. The smallest absolute Gasteiger partial charge is 0.257 e. The zero-order valence-corrected chi connectivity index (χ0v) is 16.4. The van der Waals surface area contributed by atoms with E-state index in [2.05, 4.69) is 40.4 Å². The molecule has 0 saturated heterocycles. The van der Waals surface area contributed by atoms with Gasteiger partial charge in [0.05, 0.1) is 12.0 Å². The quantitative estimate of drug-likeness (QED) is 0.713. The highest BCUT2D eigenvalue weighted by Crippen LogP contribution is 2.48. The number of carbonyl (C=O) groups excluding carboxylic acids is 2. The maximum absolute atomic E-state index is 12.7. The van der Waals surface area contributed by atoms with Gasteiger partial charge < -0.3 is 5.32 Å². The van der Waals surface area contributed by atoms with Crippen molar-refractivity contribution in [2.45, 2.75) is 46.0 Å². The minimum absolute atomic E-state index is 0.0980. The molecule has 27 heavy (non-hydrogen) atoms. The Balaban J connectivity index is 1.55. The molecular weight excluding hydrogens is 338 g/mol. The van der Waals surface area contributed by atoms with E-state index in [9.17, 15) is 9.59 Å². The largest absolute Gasteiger partial charge is 0.376 e. The molecule has 0 unspecified atom stereocenters. The molecule has 3 N–H and O–H groups in total. The summed E-state index contributed by atoms with van der Waals surface area (Å²) in [4.78, 5) is 24.8. The zero-order valence-electron chi connectivity index (χ0n) is 16.4. The lowest BCUT2D eigenvalue weighted by molar-refractivity contribution is -0.129. The van der Waals surface area contributed by atoms with Crippen molar-refractivity contribution in [3.8, 4) is 0 Å². The van der Waals surface area contributed by atoms with E-state index in [1.807, 2.05) is 39.8 Å². The Bertz CT molecular complexity index is 865. The minimum atomic E-state index is -0.509. The lowest BCUT2D eigenvalue weighted by Gasteiger charge is -2.18. The minimum Gasteiger partial charge on any atom is -0.376 e. The first-order valence-corrected chi connectivity index (χ1v) is 9.29. The molecule has 0 radical (unpaired) electrons. The van der Waals surface area contributed by atoms with Crippen molar-refractivity contribution in [1.29, 1.82) is 0 Å². The molecule has 0 aromatic heterocycles. The summed E-state index contributed by atoms with van der Waals surface area (Å²) < 4.78 is 0. The van der Waals surface area contributed by atoms with E-state index in [4.69, 9.17) is 0 Å². The molecule has 0 aliphatic heterocycles. The first-order valence-electron chi connectivity index (χ1n) is 9.29. The van der Waals surface area contributed by atoms with Crippen LogP contribution in [0, 0.1) is 27.7 Å². The Morgan fingerprint density at radius 2 is 1.56 bits per heavy atom. The van der Waals surface area contributed by atoms with Crippen molar-refractivity contribution in [3.05, 3.63) is 64.2 Å². The second-order valence-corrected chi connectivity index (χ2v) is 7.63. The van der Waals surface area contributed by atoms with Gasteiger partial charge in [-0.2, -0.15) is 0 Å². The SMILES string of the molecule is Cc1cc(C)cc(C2(C(=O)NNC(=O)CNc3ccc(C)cc3C)CC2)c1. The standard InChI is InChI=1S/C22H27N3O2/c1-14-5-6-19(17(4)10-14)23-13-20(26)24-25-21(27)22(7-8-22)18-11-15(2)9-16(3)12-18/h5-6,9-12,23H,7-8,13H2,1-4H3,(H,24,26)(H,25,27). The van der Waals surface area contributed by atoms with E-state index >= 15 is 0 Å². The fraction of sp³-hybridized carbons (Fsp3) is 0.364. The summed E-state index contributed by atoms with van der Waals surface area (Å²) in [6.07, 6.45) is 1.61. The van der Waals surface area contributed by atoms with Crippen LogP contribution in [-0.2, 0) is 15.0 Å². The first kappa shape index (κ1) is 19.0. The summed E-state index contributed by atoms with van der Waals surface area (Å²) in [5.41, 5.74) is 11.1. The zero-order chi connectivity index (χ0) is 19.6. The number of hydrogen-bond donors (Lipinski definition) is 3. The van der Waals surface area contributed by atoms with Gasteiger partial charge in [0, 0.05) is 5.69 Å². The monoisotopic (exact) mass is 365 g/mol. The van der Waals surface area contributed by atoms with Crippen LogP contribution < -0.4 is 16.2 Å². The Morgan fingerprint density at radius 3 is 2.15 bits per heavy atom. The van der Waals surface area contributed by atoms with Gasteiger partial charge in [-0.15, -0.1) is 0 Å². The van der Waals surface area contributed by atoms with Crippen LogP contribution in [0.5, 0.6) is 0 Å². The molecular formula is C22H27N3O2. The van der Waals surface area contributed by atoms with Gasteiger partial charge in [-0.3, -0.25) is 20.4 Å². The average Bonchev–Trinajstić information content (AvgIpc) is 3.40. The summed E-state index contributed by atoms with van der Waals surface area (Å²) >= 11 is 0. The molecule has 2 aromatic carbocycles. The molecule has 2 amide bonds. The van der Waals surface area contributed by atoms with Crippen LogP contribution in [0.2, 0.25) is 0 Å². The van der Waals surface area contributed by atoms with Crippen molar-refractivity contribution in [1.82, 2.24) is 10.9 Å². The normalized spacial score (nSPS) is 14.4. The summed E-state index contributed by atoms with van der Waals surface area (Å²) in [5, 5.41) is 3.10. The van der Waals surface area contributed by atoms with Gasteiger partial charge >= 0.3 is 0 Å². The van der Waals surface area contributed by atoms with Gasteiger partial charge in [-0.25, -0.2) is 0 Å². The second kappa shape index (κ2) is 7.43. The number of anilines is 1. The van der Waals surface area contributed by atoms with Crippen LogP contribution in [0.3, 0.4) is 0 Å². The molecule has 5 nitrogen and oxygen atoms in total. The lowest BCUT2D eigenvalue weighted by Crippen LogP contribution is -2.48. The molecule has 0 heterocycles. The van der Waals surface area contributed by atoms with Crippen molar-refractivity contribution in [2.75, 3.05) is 11.9 Å². The highest BCUT2D eigenvalue weighted by molar-refractivity contribution is 5.93. The van der Waals surface area contributed by atoms with Crippen LogP contribution in [0.4, 0.5) is 5.69 Å². The summed E-state index contributed by atoms with van der Waals surface area (Å²) in [5.74, 6) is -0.424. The van der Waals surface area contributed by atoms with Gasteiger partial charge in [0.25, 0.3) is 5.91 Å². The third-order valence-corrected chi connectivity index (χ3v) is 5.10. The summed E-state index contributed by atoms with van der Waals surface area (Å²) in [6.45, 7) is 8.19. The predicted octanol–water partition coefficient (Wildman–Crippen LogP) is 3.21. The molecule has 142 valence electrons. The third kappa shape index (κ3) is 4.30. The molecule has 1 aliphatic carbocycles. The van der Waals surface area contributed by atoms with Gasteiger partial charge in [0.2, 0.25) is 5.91 Å². The lowest BCUT2D eigenvalue weighted by atomic mass is 9.92. The van der Waals surface area contributed by atoms with Crippen LogP contribution >= 0.6 is 0 Å². The van der Waals surface area contributed by atoms with E-state index in [1.54, 1.807) is 0 Å². The van der Waals surface area contributed by atoms with E-state index in [0.717, 1.165) is 40.8 Å². The van der Waals surface area contributed by atoms with Crippen molar-refractivity contribution >= 4 is 17.5 Å². The fourth-order valence-corrected chi connectivity index (χ4v) is 3.50. The van der Waals surface area contributed by atoms with E-state index in [0.29, 0.717) is 0 Å². The molecule has 0 bridgehead atoms. The maximum atomic E-state index is 12.7. The topological polar surface area (TPSA) is 70.2 Å². The van der Waals surface area contributed by atoms with Crippen LogP contribution in [-0.4, -0.2) is 18.4 Å². The van der Waals surface area contributed by atoms with Gasteiger partial charge in [0.1, 0.15) is 0 Å². The molecule has 0 spiro atoms. The Labute approximate surface area is 160 Å². The molecule has 1 aliphatic rings. The Hall–Kier alpha value is -2.82. The second-order valence-electron chi connectivity index (χ2n) is 7.63. The highest BCUT2D eigenvalue weighted by Gasteiger charge is 2.51. The number of hydrogen-bond acceptors (Lipinski definition) is 3. The van der Waals surface area contributed by atoms with Gasteiger partial charge in [0.15, 0.2) is 0 Å². The van der Waals surface area contributed by atoms with Crippen LogP contribution in [0.25, 0.3) is 0 Å².